The van der Waals surface area contributed by atoms with Crippen molar-refractivity contribution < 1.29 is 4.74 Å². The van der Waals surface area contributed by atoms with E-state index in [0.29, 0.717) is 6.04 Å². The predicted molar refractivity (Wildman–Crippen MR) is 61.6 cm³/mol. The Morgan fingerprint density at radius 1 is 1.38 bits per heavy atom. The molecule has 3 heteroatoms. The topological polar surface area (TPSA) is 21.3 Å². The van der Waals surface area contributed by atoms with Gasteiger partial charge >= 0.3 is 0 Å². The molecule has 0 saturated carbocycles. The van der Waals surface area contributed by atoms with Crippen molar-refractivity contribution in [2.45, 2.75) is 32.2 Å². The van der Waals surface area contributed by atoms with Crippen LogP contribution in [0.25, 0.3) is 0 Å². The maximum atomic E-state index is 4.98. The highest BCUT2D eigenvalue weighted by molar-refractivity contribution is 7.98. The van der Waals surface area contributed by atoms with Crippen LogP contribution in [0.1, 0.15) is 26.2 Å². The number of rotatable bonds is 9. The van der Waals surface area contributed by atoms with E-state index in [0.717, 1.165) is 13.2 Å². The second-order valence-electron chi connectivity index (χ2n) is 3.34. The van der Waals surface area contributed by atoms with Gasteiger partial charge in [0.15, 0.2) is 0 Å². The minimum atomic E-state index is 0.662. The van der Waals surface area contributed by atoms with E-state index in [1.165, 1.54) is 25.0 Å². The Morgan fingerprint density at radius 3 is 2.77 bits per heavy atom. The van der Waals surface area contributed by atoms with Crippen molar-refractivity contribution >= 4 is 11.8 Å². The zero-order valence-corrected chi connectivity index (χ0v) is 9.95. The molecule has 0 aromatic rings. The summed E-state index contributed by atoms with van der Waals surface area (Å²) in [5.41, 5.74) is 0. The molecule has 1 unspecified atom stereocenters. The van der Waals surface area contributed by atoms with Gasteiger partial charge in [-0.15, -0.1) is 0 Å². The molecule has 1 atom stereocenters. The Balaban J connectivity index is 3.03. The normalized spacial score (nSPS) is 13.2. The summed E-state index contributed by atoms with van der Waals surface area (Å²) in [5.74, 6) is 1.26. The zero-order valence-electron chi connectivity index (χ0n) is 9.14. The summed E-state index contributed by atoms with van der Waals surface area (Å²) in [4.78, 5) is 0. The summed E-state index contributed by atoms with van der Waals surface area (Å²) in [5, 5.41) is 3.51. The molecule has 0 aromatic heterocycles. The predicted octanol–water partition coefficient (Wildman–Crippen LogP) is 2.14. The average molecular weight is 205 g/mol. The molecule has 2 nitrogen and oxygen atoms in total. The van der Waals surface area contributed by atoms with Gasteiger partial charge in [-0.3, -0.25) is 0 Å². The van der Waals surface area contributed by atoms with E-state index in [1.807, 2.05) is 11.8 Å². The Morgan fingerprint density at radius 2 is 2.15 bits per heavy atom. The first-order chi connectivity index (χ1) is 6.31. The van der Waals surface area contributed by atoms with E-state index < -0.39 is 0 Å². The van der Waals surface area contributed by atoms with Crippen LogP contribution in [0.15, 0.2) is 0 Å². The van der Waals surface area contributed by atoms with Crippen molar-refractivity contribution in [1.82, 2.24) is 5.32 Å². The molecule has 0 rings (SSSR count). The van der Waals surface area contributed by atoms with Crippen molar-refractivity contribution in [1.29, 1.82) is 0 Å². The highest BCUT2D eigenvalue weighted by Gasteiger charge is 1.98. The fourth-order valence-corrected chi connectivity index (χ4v) is 1.71. The maximum Gasteiger partial charge on any atom is 0.0462 e. The molecule has 0 fully saturated rings. The molecule has 0 saturated heterocycles. The quantitative estimate of drug-likeness (QED) is 0.583. The zero-order chi connectivity index (χ0) is 9.94. The Kier molecular flexibility index (Phi) is 10.6. The molecule has 0 spiro atoms. The molecular formula is C10H23NOS. The van der Waals surface area contributed by atoms with Crippen molar-refractivity contribution in [2.24, 2.45) is 0 Å². The highest BCUT2D eigenvalue weighted by Crippen LogP contribution is 1.99. The molecule has 0 aliphatic carbocycles. The Hall–Kier alpha value is 0.270. The molecule has 0 amide bonds. The molecule has 13 heavy (non-hydrogen) atoms. The van der Waals surface area contributed by atoms with Crippen LogP contribution in [0.3, 0.4) is 0 Å². The van der Waals surface area contributed by atoms with Gasteiger partial charge in [-0.1, -0.05) is 0 Å². The number of thioether (sulfide) groups is 1. The molecule has 0 aliphatic heterocycles. The van der Waals surface area contributed by atoms with Gasteiger partial charge in [0.1, 0.15) is 0 Å². The summed E-state index contributed by atoms with van der Waals surface area (Å²) in [6.07, 6.45) is 5.81. The van der Waals surface area contributed by atoms with Crippen LogP contribution >= 0.6 is 11.8 Å². The minimum absolute atomic E-state index is 0.662. The summed E-state index contributed by atoms with van der Waals surface area (Å²) < 4.78 is 4.98. The van der Waals surface area contributed by atoms with Gasteiger partial charge in [0.25, 0.3) is 0 Å². The first-order valence-corrected chi connectivity index (χ1v) is 6.42. The van der Waals surface area contributed by atoms with Gasteiger partial charge in [-0.05, 0) is 44.7 Å². The molecule has 0 bridgehead atoms. The minimum Gasteiger partial charge on any atom is -0.385 e. The van der Waals surface area contributed by atoms with Crippen LogP contribution in [0.5, 0.6) is 0 Å². The number of methoxy groups -OCH3 is 1. The van der Waals surface area contributed by atoms with Gasteiger partial charge in [-0.25, -0.2) is 0 Å². The van der Waals surface area contributed by atoms with Crippen LogP contribution in [0.4, 0.5) is 0 Å². The van der Waals surface area contributed by atoms with Crippen LogP contribution in [-0.2, 0) is 4.74 Å². The summed E-state index contributed by atoms with van der Waals surface area (Å²) >= 11 is 1.92. The van der Waals surface area contributed by atoms with Gasteiger partial charge in [0, 0.05) is 19.8 Å². The van der Waals surface area contributed by atoms with Crippen LogP contribution < -0.4 is 5.32 Å². The van der Waals surface area contributed by atoms with Gasteiger partial charge in [0.2, 0.25) is 0 Å². The lowest BCUT2D eigenvalue weighted by molar-refractivity contribution is 0.192. The Bertz CT molecular complexity index is 101. The highest BCUT2D eigenvalue weighted by atomic mass is 32.2. The van der Waals surface area contributed by atoms with Gasteiger partial charge in [0.05, 0.1) is 0 Å². The maximum absolute atomic E-state index is 4.98. The van der Waals surface area contributed by atoms with Crippen molar-refractivity contribution in [2.75, 3.05) is 32.3 Å². The smallest absolute Gasteiger partial charge is 0.0462 e. The third-order valence-electron chi connectivity index (χ3n) is 2.02. The van der Waals surface area contributed by atoms with Crippen molar-refractivity contribution in [3.63, 3.8) is 0 Å². The fraction of sp³-hybridized carbons (Fsp3) is 1.00. The Labute approximate surface area is 86.8 Å². The van der Waals surface area contributed by atoms with E-state index in [4.69, 9.17) is 4.74 Å². The number of unbranched alkanes of at least 4 members (excludes halogenated alkanes) is 1. The molecule has 0 radical (unpaired) electrons. The first kappa shape index (κ1) is 13.3. The van der Waals surface area contributed by atoms with Crippen molar-refractivity contribution in [3.8, 4) is 0 Å². The standard InChI is InChI=1S/C10H23NOS/c1-10(6-9-13-3)11-7-4-5-8-12-2/h10-11H,4-9H2,1-3H3. The molecule has 0 heterocycles. The SMILES string of the molecule is COCCCCNC(C)CCSC. The van der Waals surface area contributed by atoms with E-state index in [1.54, 1.807) is 7.11 Å². The fourth-order valence-electron chi connectivity index (χ4n) is 1.12. The number of ether oxygens (including phenoxy) is 1. The molecule has 0 aliphatic rings. The lowest BCUT2D eigenvalue weighted by Crippen LogP contribution is -2.27. The van der Waals surface area contributed by atoms with Gasteiger partial charge < -0.3 is 10.1 Å². The molecule has 80 valence electrons. The second-order valence-corrected chi connectivity index (χ2v) is 4.32. The van der Waals surface area contributed by atoms with E-state index in [-0.39, 0.29) is 0 Å². The lowest BCUT2D eigenvalue weighted by atomic mass is 10.2. The van der Waals surface area contributed by atoms with Crippen LogP contribution in [0, 0.1) is 0 Å². The molecule has 0 aromatic carbocycles. The number of hydrogen-bond donors (Lipinski definition) is 1. The largest absolute Gasteiger partial charge is 0.385 e. The number of nitrogens with one attached hydrogen (secondary N) is 1. The summed E-state index contributed by atoms with van der Waals surface area (Å²) in [7, 11) is 1.76. The number of hydrogen-bond acceptors (Lipinski definition) is 3. The average Bonchev–Trinajstić information content (AvgIpc) is 2.14. The second kappa shape index (κ2) is 10.4. The lowest BCUT2D eigenvalue weighted by Gasteiger charge is -2.12. The molecule has 1 N–H and O–H groups in total. The van der Waals surface area contributed by atoms with Gasteiger partial charge in [-0.2, -0.15) is 11.8 Å². The first-order valence-electron chi connectivity index (χ1n) is 5.02. The van der Waals surface area contributed by atoms with E-state index in [2.05, 4.69) is 18.5 Å². The third kappa shape index (κ3) is 10.2. The third-order valence-corrected chi connectivity index (χ3v) is 2.67. The summed E-state index contributed by atoms with van der Waals surface area (Å²) in [6.45, 7) is 4.27. The van der Waals surface area contributed by atoms with E-state index >= 15 is 0 Å². The van der Waals surface area contributed by atoms with Crippen molar-refractivity contribution in [3.05, 3.63) is 0 Å². The summed E-state index contributed by atoms with van der Waals surface area (Å²) in [6, 6.07) is 0.662. The van der Waals surface area contributed by atoms with E-state index in [9.17, 15) is 0 Å². The van der Waals surface area contributed by atoms with Crippen LogP contribution in [0.2, 0.25) is 0 Å². The molecular weight excluding hydrogens is 182 g/mol. The monoisotopic (exact) mass is 205 g/mol. The van der Waals surface area contributed by atoms with Crippen LogP contribution in [-0.4, -0.2) is 38.3 Å².